The number of aromatic nitrogens is 2. The Labute approximate surface area is 242 Å². The molecular formula is C29H35F2N7O4. The van der Waals surface area contributed by atoms with Crippen molar-refractivity contribution in [3.8, 4) is 0 Å². The molecule has 2 aromatic heterocycles. The van der Waals surface area contributed by atoms with Gasteiger partial charge >= 0.3 is 6.09 Å². The van der Waals surface area contributed by atoms with Gasteiger partial charge in [0.2, 0.25) is 0 Å². The van der Waals surface area contributed by atoms with Crippen molar-refractivity contribution in [3.05, 3.63) is 71.4 Å². The molecule has 3 aromatic rings. The van der Waals surface area contributed by atoms with Crippen LogP contribution in [0.4, 0.5) is 36.7 Å². The average Bonchev–Trinajstić information content (AvgIpc) is 2.92. The molecule has 0 aliphatic carbocycles. The van der Waals surface area contributed by atoms with E-state index in [4.69, 9.17) is 15.2 Å². The van der Waals surface area contributed by atoms with Crippen molar-refractivity contribution >= 4 is 35.1 Å². The summed E-state index contributed by atoms with van der Waals surface area (Å²) in [6.45, 7) is 8.90. The summed E-state index contributed by atoms with van der Waals surface area (Å²) in [7, 11) is 0. The maximum Gasteiger partial charge on any atom is 0.407 e. The Hall–Kier alpha value is -4.52. The number of pyridine rings is 2. The Bertz CT molecular complexity index is 1410. The molecule has 1 fully saturated rings. The number of nitrogens with zero attached hydrogens (tertiary/aromatic N) is 3. The molecule has 5 N–H and O–H groups in total. The zero-order valence-corrected chi connectivity index (χ0v) is 23.9. The van der Waals surface area contributed by atoms with E-state index in [2.05, 4.69) is 25.9 Å². The summed E-state index contributed by atoms with van der Waals surface area (Å²) in [5.41, 5.74) is 5.45. The molecule has 2 amide bonds. The number of primary amides is 1. The van der Waals surface area contributed by atoms with Crippen LogP contribution in [0.15, 0.2) is 48.7 Å². The van der Waals surface area contributed by atoms with Crippen LogP contribution in [0.3, 0.4) is 0 Å². The maximum absolute atomic E-state index is 15.3. The number of halogens is 2. The molecule has 3 heterocycles. The minimum Gasteiger partial charge on any atom is -0.444 e. The normalized spacial score (nSPS) is 15.0. The summed E-state index contributed by atoms with van der Waals surface area (Å²) in [5.74, 6) is -2.54. The largest absolute Gasteiger partial charge is 0.444 e. The van der Waals surface area contributed by atoms with Crippen LogP contribution >= 0.6 is 0 Å². The smallest absolute Gasteiger partial charge is 0.407 e. The third-order valence-electron chi connectivity index (χ3n) is 6.33. The number of anilines is 4. The topological polar surface area (TPSA) is 144 Å². The molecule has 1 aliphatic heterocycles. The Kier molecular flexibility index (Phi) is 9.41. The zero-order valence-electron chi connectivity index (χ0n) is 23.9. The molecule has 1 aliphatic rings. The summed E-state index contributed by atoms with van der Waals surface area (Å²) < 4.78 is 41.0. The van der Waals surface area contributed by atoms with Crippen molar-refractivity contribution in [2.45, 2.75) is 45.4 Å². The van der Waals surface area contributed by atoms with E-state index in [9.17, 15) is 14.0 Å². The highest BCUT2D eigenvalue weighted by Crippen LogP contribution is 2.29. The van der Waals surface area contributed by atoms with Crippen LogP contribution in [0, 0.1) is 11.6 Å². The van der Waals surface area contributed by atoms with Gasteiger partial charge in [-0.3, -0.25) is 4.79 Å². The monoisotopic (exact) mass is 583 g/mol. The minimum atomic E-state index is -0.937. The van der Waals surface area contributed by atoms with Gasteiger partial charge in [0.15, 0.2) is 23.3 Å². The summed E-state index contributed by atoms with van der Waals surface area (Å²) >= 11 is 0. The Balaban J connectivity index is 1.63. The maximum atomic E-state index is 15.3. The van der Waals surface area contributed by atoms with Crippen molar-refractivity contribution in [1.29, 1.82) is 0 Å². The second-order valence-corrected chi connectivity index (χ2v) is 10.8. The lowest BCUT2D eigenvalue weighted by Gasteiger charge is -2.29. The van der Waals surface area contributed by atoms with Gasteiger partial charge in [0.05, 0.1) is 42.7 Å². The third-order valence-corrected chi connectivity index (χ3v) is 6.33. The first-order valence-electron chi connectivity index (χ1n) is 13.5. The molecule has 1 aromatic carbocycles. The van der Waals surface area contributed by atoms with Gasteiger partial charge < -0.3 is 36.1 Å². The van der Waals surface area contributed by atoms with Crippen molar-refractivity contribution in [3.63, 3.8) is 0 Å². The average molecular weight is 584 g/mol. The number of benzene rings is 1. The number of nitrogens with two attached hydrogens (primary N) is 1. The minimum absolute atomic E-state index is 0.105. The number of ether oxygens (including phenoxy) is 2. The highest BCUT2D eigenvalue weighted by molar-refractivity contribution is 5.98. The number of hydrogen-bond donors (Lipinski definition) is 4. The number of morpholine rings is 1. The molecule has 0 spiro atoms. The highest BCUT2D eigenvalue weighted by Gasteiger charge is 2.27. The molecule has 2 atom stereocenters. The quantitative estimate of drug-likeness (QED) is 0.286. The first-order chi connectivity index (χ1) is 19.9. The van der Waals surface area contributed by atoms with Crippen molar-refractivity contribution in [2.24, 2.45) is 5.73 Å². The lowest BCUT2D eigenvalue weighted by Crippen LogP contribution is -2.42. The number of rotatable bonds is 9. The summed E-state index contributed by atoms with van der Waals surface area (Å²) in [5, 5.41) is 8.64. The van der Waals surface area contributed by atoms with E-state index in [-0.39, 0.29) is 28.7 Å². The van der Waals surface area contributed by atoms with Crippen LogP contribution in [0.1, 0.15) is 49.7 Å². The summed E-state index contributed by atoms with van der Waals surface area (Å²) in [6.07, 6.45) is 0.740. The van der Waals surface area contributed by atoms with Gasteiger partial charge in [-0.25, -0.2) is 23.5 Å². The molecule has 11 nitrogen and oxygen atoms in total. The van der Waals surface area contributed by atoms with E-state index in [1.165, 1.54) is 12.3 Å². The second kappa shape index (κ2) is 13.0. The molecule has 0 bridgehead atoms. The molecule has 4 rings (SSSR count). The van der Waals surface area contributed by atoms with Crippen LogP contribution in [-0.4, -0.2) is 59.9 Å². The van der Waals surface area contributed by atoms with Crippen LogP contribution < -0.4 is 26.6 Å². The molecule has 1 saturated heterocycles. The first kappa shape index (κ1) is 30.4. The van der Waals surface area contributed by atoms with Crippen LogP contribution in [-0.2, 0) is 9.47 Å². The lowest BCUT2D eigenvalue weighted by molar-refractivity contribution is 0.0503. The van der Waals surface area contributed by atoms with Gasteiger partial charge in [0.1, 0.15) is 11.4 Å². The van der Waals surface area contributed by atoms with E-state index in [1.54, 1.807) is 44.7 Å². The second-order valence-electron chi connectivity index (χ2n) is 10.8. The molecule has 0 radical (unpaired) electrons. The predicted octanol–water partition coefficient (Wildman–Crippen LogP) is 4.50. The number of carbonyl (C=O) groups is 2. The zero-order chi connectivity index (χ0) is 30.4. The van der Waals surface area contributed by atoms with E-state index >= 15 is 4.39 Å². The van der Waals surface area contributed by atoms with Gasteiger partial charge in [-0.1, -0.05) is 30.3 Å². The fourth-order valence-corrected chi connectivity index (χ4v) is 4.40. The third kappa shape index (κ3) is 7.81. The van der Waals surface area contributed by atoms with Gasteiger partial charge in [0, 0.05) is 19.2 Å². The molecule has 13 heteroatoms. The molecular weight excluding hydrogens is 548 g/mol. The molecule has 42 heavy (non-hydrogen) atoms. The number of alkyl carbamates (subject to hydrolysis) is 1. The van der Waals surface area contributed by atoms with Crippen LogP contribution in [0.25, 0.3) is 0 Å². The van der Waals surface area contributed by atoms with Crippen molar-refractivity contribution in [1.82, 2.24) is 15.3 Å². The number of hydrogen-bond acceptors (Lipinski definition) is 9. The standard InChI is InChI=1S/C29H35F2N7O4/c1-17(34-28(40)42-29(2,3)4)23(18-8-6-5-7-9-18)36-26-21(30)15-20(24(32)39)25(37-26)35-19-14-22(31)27(33-16-19)38-10-12-41-13-11-38/h5-9,14-17,23H,10-13H2,1-4H3,(H2,32,39)(H,34,40)(H2,35,36,37)/t17-,23-/m0/s1. The van der Waals surface area contributed by atoms with E-state index in [0.29, 0.717) is 26.3 Å². The Morgan fingerprint density at radius 3 is 2.38 bits per heavy atom. The lowest BCUT2D eigenvalue weighted by atomic mass is 10.0. The molecule has 224 valence electrons. The van der Waals surface area contributed by atoms with E-state index in [0.717, 1.165) is 11.6 Å². The first-order valence-corrected chi connectivity index (χ1v) is 13.5. The number of nitrogens with one attached hydrogen (secondary N) is 3. The SMILES string of the molecule is C[C@H](NC(=O)OC(C)(C)C)[C@H](Nc1nc(Nc2cnc(N3CCOCC3)c(F)c2)c(C(N)=O)cc1F)c1ccccc1. The van der Waals surface area contributed by atoms with Crippen molar-refractivity contribution < 1.29 is 27.8 Å². The van der Waals surface area contributed by atoms with Gasteiger partial charge in [-0.2, -0.15) is 0 Å². The van der Waals surface area contributed by atoms with Crippen molar-refractivity contribution in [2.75, 3.05) is 41.8 Å². The Morgan fingerprint density at radius 1 is 1.07 bits per heavy atom. The summed E-state index contributed by atoms with van der Waals surface area (Å²) in [4.78, 5) is 35.0. The Morgan fingerprint density at radius 2 is 1.76 bits per heavy atom. The molecule has 0 unspecified atom stereocenters. The fraction of sp³-hybridized carbons (Fsp3) is 0.379. The van der Waals surface area contributed by atoms with E-state index < -0.39 is 41.3 Å². The summed E-state index contributed by atoms with van der Waals surface area (Å²) in [6, 6.07) is 9.95. The van der Waals surface area contributed by atoms with Crippen LogP contribution in [0.5, 0.6) is 0 Å². The van der Waals surface area contributed by atoms with Crippen LogP contribution in [0.2, 0.25) is 0 Å². The van der Waals surface area contributed by atoms with Gasteiger partial charge in [-0.05, 0) is 39.3 Å². The number of amides is 2. The molecule has 0 saturated carbocycles. The number of carbonyl (C=O) groups excluding carboxylic acids is 2. The predicted molar refractivity (Wildman–Crippen MR) is 155 cm³/mol. The van der Waals surface area contributed by atoms with Gasteiger partial charge in [-0.15, -0.1) is 0 Å². The fourth-order valence-electron chi connectivity index (χ4n) is 4.40. The highest BCUT2D eigenvalue weighted by atomic mass is 19.1. The van der Waals surface area contributed by atoms with E-state index in [1.807, 2.05) is 18.2 Å². The van der Waals surface area contributed by atoms with Gasteiger partial charge in [0.25, 0.3) is 5.91 Å².